The summed E-state index contributed by atoms with van der Waals surface area (Å²) in [6.07, 6.45) is -1.86. The van der Waals surface area contributed by atoms with Crippen LogP contribution < -0.4 is 5.73 Å². The van der Waals surface area contributed by atoms with Crippen LogP contribution in [0.1, 0.15) is 16.8 Å². The number of aromatic nitrogens is 4. The van der Waals surface area contributed by atoms with Crippen LogP contribution in [-0.2, 0) is 6.18 Å². The van der Waals surface area contributed by atoms with Crippen molar-refractivity contribution in [2.24, 2.45) is 0 Å². The zero-order valence-corrected chi connectivity index (χ0v) is 17.5. The number of nitrogens with zero attached hydrogens (tertiary/aromatic N) is 4. The molecule has 29 heavy (non-hydrogen) atoms. The fourth-order valence-electron chi connectivity index (χ4n) is 2.58. The van der Waals surface area contributed by atoms with Crippen molar-refractivity contribution in [2.45, 2.75) is 6.18 Å². The summed E-state index contributed by atoms with van der Waals surface area (Å²) in [4.78, 5) is 8.28. The van der Waals surface area contributed by atoms with E-state index in [-0.39, 0.29) is 16.9 Å². The molecule has 0 fully saturated rings. The van der Waals surface area contributed by atoms with Crippen LogP contribution in [0.3, 0.4) is 0 Å². The number of hydrogen-bond donors (Lipinski definition) is 1. The average molecular weight is 625 g/mol. The van der Waals surface area contributed by atoms with Gasteiger partial charge in [-0.05, 0) is 18.2 Å². The van der Waals surface area contributed by atoms with Crippen LogP contribution in [0.2, 0.25) is 0 Å². The SMILES string of the molecule is Nc1ccc(C#Cc2cnn3c(C(F)(F)F)cc(-c4cc[c-]cc4)nc23)cn1.[Cm]. The molecule has 0 saturated heterocycles. The maximum atomic E-state index is 13.6. The normalized spacial score (nSPS) is 10.9. The van der Waals surface area contributed by atoms with Crippen LogP contribution in [0.25, 0.3) is 16.9 Å². The van der Waals surface area contributed by atoms with Crippen molar-refractivity contribution in [1.29, 1.82) is 0 Å². The molecule has 0 unspecified atom stereocenters. The number of pyridine rings is 1. The topological polar surface area (TPSA) is 69.1 Å². The summed E-state index contributed by atoms with van der Waals surface area (Å²) < 4.78 is 41.4. The van der Waals surface area contributed by atoms with Crippen LogP contribution >= 0.6 is 0 Å². The van der Waals surface area contributed by atoms with E-state index in [9.17, 15) is 13.2 Å². The molecule has 0 radical (unpaired) electrons. The van der Waals surface area contributed by atoms with Gasteiger partial charge in [0, 0.05) is 11.8 Å². The first-order valence-corrected chi connectivity index (χ1v) is 8.08. The summed E-state index contributed by atoms with van der Waals surface area (Å²) >= 11 is 0. The Kier molecular flexibility index (Phi) is 4.59. The first-order chi connectivity index (χ1) is 13.4. The van der Waals surface area contributed by atoms with Gasteiger partial charge in [0.15, 0.2) is 11.3 Å². The van der Waals surface area contributed by atoms with Crippen molar-refractivity contribution in [3.8, 4) is 23.1 Å². The Morgan fingerprint density at radius 1 is 1.03 bits per heavy atom. The third-order valence-corrected chi connectivity index (χ3v) is 3.90. The predicted octanol–water partition coefficient (Wildman–Crippen LogP) is 3.59. The summed E-state index contributed by atoms with van der Waals surface area (Å²) in [6.45, 7) is 0. The third-order valence-electron chi connectivity index (χ3n) is 3.90. The molecule has 9 heteroatoms. The van der Waals surface area contributed by atoms with Gasteiger partial charge in [0.2, 0.25) is 0 Å². The number of fused-ring (bicyclic) bond motifs is 1. The molecule has 0 bridgehead atoms. The molecule has 5 nitrogen and oxygen atoms in total. The summed E-state index contributed by atoms with van der Waals surface area (Å²) in [5.41, 5.74) is 6.17. The minimum atomic E-state index is -4.60. The number of halogens is 3. The van der Waals surface area contributed by atoms with Crippen molar-refractivity contribution in [3.63, 3.8) is 0 Å². The van der Waals surface area contributed by atoms with Crippen LogP contribution in [0.15, 0.2) is 54.9 Å². The van der Waals surface area contributed by atoms with Crippen LogP contribution in [0.5, 0.6) is 0 Å². The van der Waals surface area contributed by atoms with E-state index in [1.54, 1.807) is 36.4 Å². The van der Waals surface area contributed by atoms with E-state index >= 15 is 0 Å². The van der Waals surface area contributed by atoms with Crippen molar-refractivity contribution >= 4 is 11.5 Å². The van der Waals surface area contributed by atoms with Crippen LogP contribution in [-0.4, -0.2) is 19.6 Å². The maximum absolute atomic E-state index is 13.6. The molecule has 0 aliphatic rings. The molecule has 0 saturated carbocycles. The Morgan fingerprint density at radius 2 is 1.79 bits per heavy atom. The summed E-state index contributed by atoms with van der Waals surface area (Å²) in [5, 5.41) is 3.84. The first-order valence-electron chi connectivity index (χ1n) is 8.08. The molecule has 2 N–H and O–H groups in total. The third kappa shape index (κ3) is 3.66. The molecular weight excluding hydrogens is 614 g/mol. The van der Waals surface area contributed by atoms with Crippen molar-refractivity contribution < 1.29 is 13.2 Å². The second-order valence-electron chi connectivity index (χ2n) is 5.83. The monoisotopic (exact) mass is 621 g/mol. The molecule has 0 spiro atoms. The summed E-state index contributed by atoms with van der Waals surface area (Å²) in [5.74, 6) is 6.00. The van der Waals surface area contributed by atoms with Crippen molar-refractivity contribution in [2.75, 3.05) is 5.73 Å². The number of nitrogens with two attached hydrogens (primary N) is 1. The Hall–Kier alpha value is -4.86. The van der Waals surface area contributed by atoms with Gasteiger partial charge in [0.25, 0.3) is 0 Å². The predicted molar refractivity (Wildman–Crippen MR) is 96.9 cm³/mol. The molecule has 4 aromatic rings. The van der Waals surface area contributed by atoms with E-state index in [2.05, 4.69) is 33.0 Å². The van der Waals surface area contributed by atoms with Crippen molar-refractivity contribution in [3.05, 3.63) is 77.7 Å². The second-order valence-corrected chi connectivity index (χ2v) is 5.83. The Bertz CT molecular complexity index is 1210. The zero-order valence-electron chi connectivity index (χ0n) is 14.5. The van der Waals surface area contributed by atoms with Gasteiger partial charge in [-0.25, -0.2) is 14.5 Å². The van der Waals surface area contributed by atoms with E-state index in [1.165, 1.54) is 12.4 Å². The van der Waals surface area contributed by atoms with Gasteiger partial charge in [-0.15, -0.1) is 5.56 Å². The standard InChI is InChI=1S/C20H11F3N5.Cm/c21-20(22,23)17-10-16(14-4-2-1-3-5-14)27-19-15(12-26-28(17)19)8-6-13-7-9-18(24)25-11-13;/h2-5,7,9-12H,(H2,24,25);/q-1;. The Morgan fingerprint density at radius 3 is 2.45 bits per heavy atom. The van der Waals surface area contributed by atoms with Crippen LogP contribution in [0, 0.1) is 17.9 Å². The van der Waals surface area contributed by atoms with E-state index in [0.29, 0.717) is 16.9 Å². The van der Waals surface area contributed by atoms with E-state index in [1.807, 2.05) is 0 Å². The molecule has 1 aromatic carbocycles. The van der Waals surface area contributed by atoms with Gasteiger partial charge in [0.05, 0.1) is 17.5 Å². The molecule has 4 rings (SSSR count). The molecule has 3 heterocycles. The summed E-state index contributed by atoms with van der Waals surface area (Å²) in [6, 6.07) is 13.6. The minimum absolute atomic E-state index is 0. The van der Waals surface area contributed by atoms with Gasteiger partial charge in [-0.2, -0.15) is 48.6 Å². The molecule has 0 aliphatic heterocycles. The molecular formula is C20H11CmF3N5-. The quantitative estimate of drug-likeness (QED) is 0.260. The van der Waals surface area contributed by atoms with E-state index in [0.717, 1.165) is 10.6 Å². The molecule has 146 valence electrons. The second kappa shape index (κ2) is 7.04. The van der Waals surface area contributed by atoms with Gasteiger partial charge in [-0.3, -0.25) is 0 Å². The molecule has 0 atom stereocenters. The maximum Gasteiger partial charge on any atom is 0.433 e. The van der Waals surface area contributed by atoms with Gasteiger partial charge in [0.1, 0.15) is 5.82 Å². The van der Waals surface area contributed by atoms with Gasteiger partial charge < -0.3 is 5.73 Å². The number of nitrogen functional groups attached to an aromatic ring is 1. The van der Waals surface area contributed by atoms with Gasteiger partial charge in [-0.1, -0.05) is 11.8 Å². The Labute approximate surface area is 157 Å². The number of rotatable bonds is 1. The van der Waals surface area contributed by atoms with E-state index < -0.39 is 11.9 Å². The summed E-state index contributed by atoms with van der Waals surface area (Å²) in [7, 11) is 0. The molecule has 0 amide bonds. The fourth-order valence-corrected chi connectivity index (χ4v) is 2.58. The molecule has 0 aliphatic carbocycles. The average Bonchev–Trinajstić information content (AvgIpc) is 3.09. The fraction of sp³-hybridized carbons (Fsp3) is 0.0500. The zero-order chi connectivity index (χ0) is 19.7. The number of alkyl halides is 3. The number of hydrogen-bond acceptors (Lipinski definition) is 4. The smallest absolute Gasteiger partial charge is 0.384 e. The van der Waals surface area contributed by atoms with E-state index in [4.69, 9.17) is 5.73 Å². The Balaban J connectivity index is 0.00000240. The largest absolute Gasteiger partial charge is 0.433 e. The molecule has 3 aromatic heterocycles. The minimum Gasteiger partial charge on any atom is -0.384 e. The van der Waals surface area contributed by atoms with Gasteiger partial charge >= 0.3 is 6.18 Å². The van der Waals surface area contributed by atoms with Crippen molar-refractivity contribution in [1.82, 2.24) is 19.6 Å². The van der Waals surface area contributed by atoms with Crippen LogP contribution in [0.4, 0.5) is 19.0 Å². The number of benzene rings is 1. The number of anilines is 1. The first kappa shape index (κ1) is 18.9.